The third-order valence-corrected chi connectivity index (χ3v) is 3.41. The largest absolute Gasteiger partial charge is 0.493 e. The van der Waals surface area contributed by atoms with Crippen LogP contribution in [0.5, 0.6) is 11.5 Å². The quantitative estimate of drug-likeness (QED) is 0.858. The van der Waals surface area contributed by atoms with Gasteiger partial charge in [-0.15, -0.1) is 0 Å². The second-order valence-electron chi connectivity index (χ2n) is 4.55. The first kappa shape index (κ1) is 16.0. The molecular formula is C16H17Cl2NO2. The van der Waals surface area contributed by atoms with Gasteiger partial charge in [-0.1, -0.05) is 35.3 Å². The lowest BCUT2D eigenvalue weighted by molar-refractivity contribution is 0.281. The maximum atomic E-state index is 6.09. The number of ether oxygens (including phenoxy) is 2. The lowest BCUT2D eigenvalue weighted by Crippen LogP contribution is -2.08. The van der Waals surface area contributed by atoms with E-state index in [1.54, 1.807) is 13.2 Å². The van der Waals surface area contributed by atoms with Crippen LogP contribution in [0.15, 0.2) is 36.4 Å². The van der Waals surface area contributed by atoms with Gasteiger partial charge in [0.25, 0.3) is 0 Å². The van der Waals surface area contributed by atoms with Gasteiger partial charge in [0.2, 0.25) is 0 Å². The molecule has 2 aromatic carbocycles. The van der Waals surface area contributed by atoms with Crippen LogP contribution < -0.4 is 14.8 Å². The van der Waals surface area contributed by atoms with Crippen molar-refractivity contribution in [1.29, 1.82) is 0 Å². The molecule has 0 bridgehead atoms. The third kappa shape index (κ3) is 4.27. The number of benzene rings is 2. The summed E-state index contributed by atoms with van der Waals surface area (Å²) in [5, 5.41) is 4.40. The Hall–Kier alpha value is -1.42. The molecule has 0 aliphatic heterocycles. The molecule has 112 valence electrons. The second kappa shape index (κ2) is 7.55. The Morgan fingerprint density at radius 2 is 1.90 bits per heavy atom. The van der Waals surface area contributed by atoms with Crippen LogP contribution in [-0.4, -0.2) is 14.2 Å². The predicted molar refractivity (Wildman–Crippen MR) is 86.6 cm³/mol. The Morgan fingerprint density at radius 3 is 2.57 bits per heavy atom. The summed E-state index contributed by atoms with van der Waals surface area (Å²) < 4.78 is 11.3. The summed E-state index contributed by atoms with van der Waals surface area (Å²) in [7, 11) is 3.47. The molecule has 0 saturated carbocycles. The van der Waals surface area contributed by atoms with E-state index in [0.717, 1.165) is 11.1 Å². The molecule has 0 atom stereocenters. The number of methoxy groups -OCH3 is 1. The fraction of sp³-hybridized carbons (Fsp3) is 0.250. The van der Waals surface area contributed by atoms with E-state index < -0.39 is 0 Å². The minimum Gasteiger partial charge on any atom is -0.493 e. The van der Waals surface area contributed by atoms with Gasteiger partial charge in [-0.25, -0.2) is 0 Å². The molecule has 0 heterocycles. The number of nitrogens with one attached hydrogen (secondary N) is 1. The molecule has 2 rings (SSSR count). The topological polar surface area (TPSA) is 30.5 Å². The molecular weight excluding hydrogens is 309 g/mol. The van der Waals surface area contributed by atoms with Crippen LogP contribution in [-0.2, 0) is 13.2 Å². The zero-order valence-corrected chi connectivity index (χ0v) is 13.5. The van der Waals surface area contributed by atoms with E-state index in [9.17, 15) is 0 Å². The van der Waals surface area contributed by atoms with Crippen molar-refractivity contribution in [2.45, 2.75) is 13.2 Å². The Kier molecular flexibility index (Phi) is 5.74. The maximum Gasteiger partial charge on any atom is 0.166 e. The van der Waals surface area contributed by atoms with Crippen LogP contribution in [0, 0.1) is 0 Å². The van der Waals surface area contributed by atoms with Crippen LogP contribution in [0.3, 0.4) is 0 Å². The highest BCUT2D eigenvalue weighted by Gasteiger charge is 2.12. The average molecular weight is 326 g/mol. The number of hydrogen-bond acceptors (Lipinski definition) is 3. The van der Waals surface area contributed by atoms with Crippen molar-refractivity contribution in [3.63, 3.8) is 0 Å². The highest BCUT2D eigenvalue weighted by molar-refractivity contribution is 6.31. The van der Waals surface area contributed by atoms with Crippen LogP contribution in [0.4, 0.5) is 0 Å². The van der Waals surface area contributed by atoms with Crippen LogP contribution in [0.25, 0.3) is 0 Å². The zero-order chi connectivity index (χ0) is 15.2. The maximum absolute atomic E-state index is 6.09. The average Bonchev–Trinajstić information content (AvgIpc) is 2.46. The summed E-state index contributed by atoms with van der Waals surface area (Å²) in [6, 6.07) is 11.2. The van der Waals surface area contributed by atoms with Crippen molar-refractivity contribution in [2.75, 3.05) is 14.2 Å². The first-order valence-electron chi connectivity index (χ1n) is 6.52. The smallest absolute Gasteiger partial charge is 0.166 e. The Balaban J connectivity index is 2.25. The zero-order valence-electron chi connectivity index (χ0n) is 12.0. The molecule has 0 saturated heterocycles. The van der Waals surface area contributed by atoms with Crippen molar-refractivity contribution < 1.29 is 9.47 Å². The van der Waals surface area contributed by atoms with Crippen molar-refractivity contribution in [2.24, 2.45) is 0 Å². The van der Waals surface area contributed by atoms with Gasteiger partial charge in [-0.05, 0) is 30.8 Å². The lowest BCUT2D eigenvalue weighted by atomic mass is 10.1. The van der Waals surface area contributed by atoms with Crippen molar-refractivity contribution in [1.82, 2.24) is 5.32 Å². The SMILES string of the molecule is CNCc1cc(Cl)cc(OC)c1OCc1cccc(Cl)c1. The monoisotopic (exact) mass is 325 g/mol. The van der Waals surface area contributed by atoms with E-state index in [1.165, 1.54) is 0 Å². The van der Waals surface area contributed by atoms with Gasteiger partial charge in [0.15, 0.2) is 11.5 Å². The standard InChI is InChI=1S/C16H17Cl2NO2/c1-19-9-12-7-14(18)8-15(20-2)16(12)21-10-11-4-3-5-13(17)6-11/h3-8,19H,9-10H2,1-2H3. The van der Waals surface area contributed by atoms with E-state index in [1.807, 2.05) is 37.4 Å². The second-order valence-corrected chi connectivity index (χ2v) is 5.42. The highest BCUT2D eigenvalue weighted by atomic mass is 35.5. The molecule has 0 radical (unpaired) electrons. The summed E-state index contributed by atoms with van der Waals surface area (Å²) in [6.07, 6.45) is 0. The van der Waals surface area contributed by atoms with Crippen LogP contribution in [0.2, 0.25) is 10.0 Å². The molecule has 21 heavy (non-hydrogen) atoms. The van der Waals surface area contributed by atoms with E-state index >= 15 is 0 Å². The van der Waals surface area contributed by atoms with E-state index in [4.69, 9.17) is 32.7 Å². The minimum atomic E-state index is 0.412. The predicted octanol–water partition coefficient (Wildman–Crippen LogP) is 4.30. The van der Waals surface area contributed by atoms with Crippen molar-refractivity contribution in [3.05, 3.63) is 57.6 Å². The molecule has 2 aromatic rings. The van der Waals surface area contributed by atoms with E-state index in [-0.39, 0.29) is 0 Å². The molecule has 3 nitrogen and oxygen atoms in total. The summed E-state index contributed by atoms with van der Waals surface area (Å²) in [4.78, 5) is 0. The molecule has 5 heteroatoms. The summed E-state index contributed by atoms with van der Waals surface area (Å²) >= 11 is 12.1. The Bertz CT molecular complexity index is 617. The highest BCUT2D eigenvalue weighted by Crippen LogP contribution is 2.35. The summed E-state index contributed by atoms with van der Waals surface area (Å²) in [5.41, 5.74) is 1.94. The van der Waals surface area contributed by atoms with Crippen molar-refractivity contribution in [3.8, 4) is 11.5 Å². The van der Waals surface area contributed by atoms with E-state index in [0.29, 0.717) is 34.7 Å². The summed E-state index contributed by atoms with van der Waals surface area (Å²) in [6.45, 7) is 1.05. The minimum absolute atomic E-state index is 0.412. The fourth-order valence-corrected chi connectivity index (χ4v) is 2.49. The lowest BCUT2D eigenvalue weighted by Gasteiger charge is -2.16. The van der Waals surface area contributed by atoms with Gasteiger partial charge in [-0.2, -0.15) is 0 Å². The van der Waals surface area contributed by atoms with Gasteiger partial charge < -0.3 is 14.8 Å². The Labute approximate surface area is 134 Å². The van der Waals surface area contributed by atoms with Crippen molar-refractivity contribution >= 4 is 23.2 Å². The van der Waals surface area contributed by atoms with Crippen LogP contribution >= 0.6 is 23.2 Å². The molecule has 1 N–H and O–H groups in total. The normalized spacial score (nSPS) is 10.5. The first-order valence-corrected chi connectivity index (χ1v) is 7.28. The molecule has 0 unspecified atom stereocenters. The number of rotatable bonds is 6. The van der Waals surface area contributed by atoms with Gasteiger partial charge >= 0.3 is 0 Å². The van der Waals surface area contributed by atoms with Gasteiger partial charge in [0.05, 0.1) is 7.11 Å². The summed E-state index contributed by atoms with van der Waals surface area (Å²) in [5.74, 6) is 1.31. The van der Waals surface area contributed by atoms with Crippen LogP contribution in [0.1, 0.15) is 11.1 Å². The first-order chi connectivity index (χ1) is 10.1. The molecule has 0 amide bonds. The molecule has 0 fully saturated rings. The van der Waals surface area contributed by atoms with Gasteiger partial charge in [0.1, 0.15) is 6.61 Å². The van der Waals surface area contributed by atoms with Gasteiger partial charge in [0, 0.05) is 28.2 Å². The fourth-order valence-electron chi connectivity index (χ4n) is 2.04. The molecule has 0 spiro atoms. The molecule has 0 aliphatic carbocycles. The Morgan fingerprint density at radius 1 is 1.10 bits per heavy atom. The van der Waals surface area contributed by atoms with Gasteiger partial charge in [-0.3, -0.25) is 0 Å². The molecule has 0 aliphatic rings. The third-order valence-electron chi connectivity index (χ3n) is 2.96. The van der Waals surface area contributed by atoms with E-state index in [2.05, 4.69) is 5.32 Å². The molecule has 0 aromatic heterocycles. The number of halogens is 2. The number of hydrogen-bond donors (Lipinski definition) is 1.